The van der Waals surface area contributed by atoms with Crippen LogP contribution in [0.3, 0.4) is 0 Å². The summed E-state index contributed by atoms with van der Waals surface area (Å²) < 4.78 is 0. The molecule has 0 aliphatic carbocycles. The van der Waals surface area contributed by atoms with E-state index in [9.17, 15) is 10.1 Å². The molecule has 0 heterocycles. The first-order chi connectivity index (χ1) is 6.20. The summed E-state index contributed by atoms with van der Waals surface area (Å²) in [4.78, 5) is 13.6. The second-order valence-corrected chi connectivity index (χ2v) is 2.55. The summed E-state index contributed by atoms with van der Waals surface area (Å²) in [6, 6.07) is 0. The molecule has 0 amide bonds. The minimum absolute atomic E-state index is 0.249. The van der Waals surface area contributed by atoms with Crippen LogP contribution in [0.25, 0.3) is 0 Å². The maximum absolute atomic E-state index is 10.1. The van der Waals surface area contributed by atoms with E-state index in [2.05, 4.69) is 28.9 Å². The lowest BCUT2D eigenvalue weighted by molar-refractivity contribution is -0.463. The number of thiol groups is 1. The SMILES string of the molecule is C#CCNC(C[N+](=O)[O-])=NCCS. The molecule has 0 aliphatic rings. The molecular weight excluding hydrogens is 190 g/mol. The van der Waals surface area contributed by atoms with Crippen molar-refractivity contribution in [3.05, 3.63) is 10.1 Å². The zero-order valence-electron chi connectivity index (χ0n) is 7.06. The summed E-state index contributed by atoms with van der Waals surface area (Å²) in [5, 5.41) is 12.8. The van der Waals surface area contributed by atoms with Crippen LogP contribution in [0, 0.1) is 22.5 Å². The van der Waals surface area contributed by atoms with Gasteiger partial charge in [0.15, 0.2) is 5.84 Å². The quantitative estimate of drug-likeness (QED) is 0.162. The first-order valence-corrected chi connectivity index (χ1v) is 4.27. The van der Waals surface area contributed by atoms with Gasteiger partial charge in [-0.1, -0.05) is 5.92 Å². The van der Waals surface area contributed by atoms with Crippen molar-refractivity contribution < 1.29 is 4.92 Å². The summed E-state index contributed by atoms with van der Waals surface area (Å²) in [5.41, 5.74) is 0. The normalized spacial score (nSPS) is 10.6. The number of rotatable bonds is 5. The standard InChI is InChI=1S/C7H11N3O2S/c1-2-3-8-7(6-10(11)12)9-4-5-13/h1,13H,3-6H2,(H,8,9). The van der Waals surface area contributed by atoms with Crippen LogP contribution in [0.15, 0.2) is 4.99 Å². The van der Waals surface area contributed by atoms with Crippen molar-refractivity contribution in [2.45, 2.75) is 0 Å². The fourth-order valence-corrected chi connectivity index (χ4v) is 0.722. The zero-order chi connectivity index (χ0) is 10.1. The van der Waals surface area contributed by atoms with E-state index >= 15 is 0 Å². The molecule has 0 rings (SSSR count). The van der Waals surface area contributed by atoms with Crippen molar-refractivity contribution in [3.8, 4) is 12.3 Å². The van der Waals surface area contributed by atoms with Gasteiger partial charge < -0.3 is 5.32 Å². The fraction of sp³-hybridized carbons (Fsp3) is 0.571. The van der Waals surface area contributed by atoms with E-state index in [1.165, 1.54) is 0 Å². The van der Waals surface area contributed by atoms with Gasteiger partial charge in [-0.25, -0.2) is 0 Å². The van der Waals surface area contributed by atoms with Gasteiger partial charge >= 0.3 is 0 Å². The predicted octanol–water partition coefficient (Wildman–Crippen LogP) is -0.186. The molecular formula is C7H11N3O2S. The molecule has 6 heteroatoms. The molecule has 0 atom stereocenters. The highest BCUT2D eigenvalue weighted by Gasteiger charge is 2.04. The Hall–Kier alpha value is -1.22. The van der Waals surface area contributed by atoms with Crippen LogP contribution < -0.4 is 5.32 Å². The van der Waals surface area contributed by atoms with Gasteiger partial charge in [0.25, 0.3) is 6.54 Å². The van der Waals surface area contributed by atoms with E-state index in [1.807, 2.05) is 0 Å². The highest BCUT2D eigenvalue weighted by Crippen LogP contribution is 1.80. The molecule has 0 saturated heterocycles. The Morgan fingerprint density at radius 1 is 1.77 bits per heavy atom. The van der Waals surface area contributed by atoms with Crippen molar-refractivity contribution in [3.63, 3.8) is 0 Å². The van der Waals surface area contributed by atoms with Gasteiger partial charge in [-0.2, -0.15) is 12.6 Å². The molecule has 72 valence electrons. The molecule has 0 fully saturated rings. The number of nitro groups is 1. The van der Waals surface area contributed by atoms with E-state index in [4.69, 9.17) is 6.42 Å². The van der Waals surface area contributed by atoms with E-state index < -0.39 is 4.92 Å². The molecule has 0 unspecified atom stereocenters. The number of amidine groups is 1. The van der Waals surface area contributed by atoms with Crippen molar-refractivity contribution >= 4 is 18.5 Å². The maximum Gasteiger partial charge on any atom is 0.259 e. The van der Waals surface area contributed by atoms with E-state index in [1.54, 1.807) is 0 Å². The van der Waals surface area contributed by atoms with Crippen LogP contribution in [0.5, 0.6) is 0 Å². The number of terminal acetylenes is 1. The second kappa shape index (κ2) is 7.43. The number of nitrogens with zero attached hydrogens (tertiary/aromatic N) is 2. The Kier molecular flexibility index (Phi) is 6.73. The molecule has 0 radical (unpaired) electrons. The molecule has 0 aliphatic heterocycles. The third-order valence-corrected chi connectivity index (χ3v) is 1.28. The zero-order valence-corrected chi connectivity index (χ0v) is 7.96. The van der Waals surface area contributed by atoms with Crippen molar-refractivity contribution in [2.24, 2.45) is 4.99 Å². The van der Waals surface area contributed by atoms with Gasteiger partial charge in [0.05, 0.1) is 6.54 Å². The second-order valence-electron chi connectivity index (χ2n) is 2.10. The minimum atomic E-state index is -0.457. The van der Waals surface area contributed by atoms with Crippen LogP contribution >= 0.6 is 12.6 Å². The molecule has 0 saturated carbocycles. The summed E-state index contributed by atoms with van der Waals surface area (Å²) in [7, 11) is 0. The Morgan fingerprint density at radius 2 is 2.46 bits per heavy atom. The summed E-state index contributed by atoms with van der Waals surface area (Å²) >= 11 is 3.93. The maximum atomic E-state index is 10.1. The van der Waals surface area contributed by atoms with Crippen molar-refractivity contribution in [2.75, 3.05) is 25.4 Å². The monoisotopic (exact) mass is 201 g/mol. The van der Waals surface area contributed by atoms with Crippen molar-refractivity contribution in [1.29, 1.82) is 0 Å². The molecule has 0 aromatic rings. The van der Waals surface area contributed by atoms with Crippen LogP contribution in [0.1, 0.15) is 0 Å². The Morgan fingerprint density at radius 3 is 2.92 bits per heavy atom. The number of hydrogen-bond acceptors (Lipinski definition) is 4. The Labute approximate surface area is 82.2 Å². The Balaban J connectivity index is 4.03. The first kappa shape index (κ1) is 11.8. The molecule has 0 aromatic carbocycles. The summed E-state index contributed by atoms with van der Waals surface area (Å²) in [5.74, 6) is 3.17. The topological polar surface area (TPSA) is 67.5 Å². The van der Waals surface area contributed by atoms with Crippen LogP contribution in [0.4, 0.5) is 0 Å². The Bertz CT molecular complexity index is 234. The first-order valence-electron chi connectivity index (χ1n) is 3.64. The van der Waals surface area contributed by atoms with Gasteiger partial charge in [-0.3, -0.25) is 15.1 Å². The third kappa shape index (κ3) is 7.15. The van der Waals surface area contributed by atoms with Gasteiger partial charge in [0.1, 0.15) is 0 Å². The smallest absolute Gasteiger partial charge is 0.259 e. The van der Waals surface area contributed by atoms with E-state index in [0.717, 1.165) is 0 Å². The average Bonchev–Trinajstić information content (AvgIpc) is 2.09. The van der Waals surface area contributed by atoms with E-state index in [-0.39, 0.29) is 13.1 Å². The fourth-order valence-electron chi connectivity index (χ4n) is 0.622. The predicted molar refractivity (Wildman–Crippen MR) is 54.9 cm³/mol. The van der Waals surface area contributed by atoms with Gasteiger partial charge in [-0.15, -0.1) is 6.42 Å². The van der Waals surface area contributed by atoms with Gasteiger partial charge in [0.2, 0.25) is 0 Å². The molecule has 1 N–H and O–H groups in total. The van der Waals surface area contributed by atoms with Gasteiger partial charge in [0, 0.05) is 17.2 Å². The lowest BCUT2D eigenvalue weighted by Gasteiger charge is -2.01. The lowest BCUT2D eigenvalue weighted by atomic mass is 10.5. The summed E-state index contributed by atoms with van der Waals surface area (Å²) in [6.45, 7) is 0.374. The average molecular weight is 201 g/mol. The largest absolute Gasteiger partial charge is 0.357 e. The lowest BCUT2D eigenvalue weighted by Crippen LogP contribution is -2.30. The third-order valence-electron chi connectivity index (χ3n) is 1.08. The number of aliphatic imine (C=N–C) groups is 1. The number of nitrogens with one attached hydrogen (secondary N) is 1. The van der Waals surface area contributed by atoms with Crippen LogP contribution in [0.2, 0.25) is 0 Å². The molecule has 5 nitrogen and oxygen atoms in total. The summed E-state index contributed by atoms with van der Waals surface area (Å²) in [6.07, 6.45) is 4.98. The van der Waals surface area contributed by atoms with Crippen molar-refractivity contribution in [1.82, 2.24) is 5.32 Å². The van der Waals surface area contributed by atoms with Crippen LogP contribution in [-0.2, 0) is 0 Å². The molecule has 13 heavy (non-hydrogen) atoms. The molecule has 0 bridgehead atoms. The highest BCUT2D eigenvalue weighted by atomic mass is 32.1. The minimum Gasteiger partial charge on any atom is -0.357 e. The molecule has 0 spiro atoms. The van der Waals surface area contributed by atoms with Crippen LogP contribution in [-0.4, -0.2) is 36.1 Å². The highest BCUT2D eigenvalue weighted by molar-refractivity contribution is 7.80. The van der Waals surface area contributed by atoms with Gasteiger partial charge in [-0.05, 0) is 0 Å². The van der Waals surface area contributed by atoms with E-state index in [0.29, 0.717) is 18.1 Å². The molecule has 0 aromatic heterocycles. The number of hydrogen-bond donors (Lipinski definition) is 2.